The zero-order valence-electron chi connectivity index (χ0n) is 12.7. The number of benzene rings is 2. The zero-order valence-corrected chi connectivity index (χ0v) is 13.4. The predicted molar refractivity (Wildman–Crippen MR) is 91.2 cm³/mol. The van der Waals surface area contributed by atoms with Crippen molar-refractivity contribution >= 4 is 23.3 Å². The van der Waals surface area contributed by atoms with E-state index in [2.05, 4.69) is 17.5 Å². The fraction of sp³-hybridized carbons (Fsp3) is 0.211. The first-order valence-corrected chi connectivity index (χ1v) is 8.18. The molecule has 0 fully saturated rings. The highest BCUT2D eigenvalue weighted by Gasteiger charge is 2.39. The standard InChI is InChI=1S/C19H15ClFNO2/c20-14-5-2-6-15(21)17(14)18-12-4-1-3-11(12)13-9-10(19(23)24)7-8-16(13)22-18/h1-3,5-9,11-12,18,22H,4H2,(H,23,24)/t11-,12-,18-/m1/s1. The molecule has 0 unspecified atom stereocenters. The van der Waals surface area contributed by atoms with E-state index in [0.29, 0.717) is 10.6 Å². The molecule has 0 saturated heterocycles. The van der Waals surface area contributed by atoms with E-state index in [9.17, 15) is 14.3 Å². The Kier molecular flexibility index (Phi) is 3.57. The van der Waals surface area contributed by atoms with Crippen LogP contribution in [0.1, 0.15) is 39.9 Å². The Morgan fingerprint density at radius 2 is 2.12 bits per heavy atom. The maximum Gasteiger partial charge on any atom is 0.335 e. The van der Waals surface area contributed by atoms with Crippen LogP contribution in [0.4, 0.5) is 10.1 Å². The van der Waals surface area contributed by atoms with Crippen molar-refractivity contribution in [3.05, 3.63) is 76.1 Å². The van der Waals surface area contributed by atoms with Gasteiger partial charge in [0.05, 0.1) is 11.6 Å². The van der Waals surface area contributed by atoms with Gasteiger partial charge in [-0.2, -0.15) is 0 Å². The normalized spacial score (nSPS) is 24.2. The molecule has 5 heteroatoms. The van der Waals surface area contributed by atoms with Crippen molar-refractivity contribution in [2.75, 3.05) is 5.32 Å². The molecule has 0 radical (unpaired) electrons. The lowest BCUT2D eigenvalue weighted by Gasteiger charge is -2.38. The number of aromatic carboxylic acids is 1. The molecular weight excluding hydrogens is 329 g/mol. The second-order valence-electron chi connectivity index (χ2n) is 6.22. The van der Waals surface area contributed by atoms with E-state index in [1.54, 1.807) is 30.3 Å². The highest BCUT2D eigenvalue weighted by atomic mass is 35.5. The molecule has 2 aromatic rings. The number of rotatable bonds is 2. The molecule has 1 heterocycles. The van der Waals surface area contributed by atoms with Gasteiger partial charge in [0.25, 0.3) is 0 Å². The number of hydrogen-bond donors (Lipinski definition) is 2. The van der Waals surface area contributed by atoms with E-state index in [4.69, 9.17) is 11.6 Å². The SMILES string of the molecule is O=C(O)c1ccc2c(c1)[C@@H]1C=CC[C@H]1[C@H](c1c(F)cccc1Cl)N2. The Labute approximate surface area is 143 Å². The summed E-state index contributed by atoms with van der Waals surface area (Å²) in [7, 11) is 0. The highest BCUT2D eigenvalue weighted by molar-refractivity contribution is 6.31. The number of fused-ring (bicyclic) bond motifs is 3. The van der Waals surface area contributed by atoms with Gasteiger partial charge in [-0.25, -0.2) is 9.18 Å². The Morgan fingerprint density at radius 3 is 2.88 bits per heavy atom. The van der Waals surface area contributed by atoms with Crippen molar-refractivity contribution in [3.63, 3.8) is 0 Å². The fourth-order valence-electron chi connectivity index (χ4n) is 3.82. The van der Waals surface area contributed by atoms with Crippen molar-refractivity contribution in [2.24, 2.45) is 5.92 Å². The summed E-state index contributed by atoms with van der Waals surface area (Å²) in [5.41, 5.74) is 2.51. The van der Waals surface area contributed by atoms with Crippen LogP contribution in [0.3, 0.4) is 0 Å². The summed E-state index contributed by atoms with van der Waals surface area (Å²) in [6.07, 6.45) is 4.95. The van der Waals surface area contributed by atoms with Gasteiger partial charge in [-0.1, -0.05) is 29.8 Å². The van der Waals surface area contributed by atoms with Crippen LogP contribution < -0.4 is 5.32 Å². The fourth-order valence-corrected chi connectivity index (χ4v) is 4.10. The smallest absolute Gasteiger partial charge is 0.335 e. The molecule has 0 saturated carbocycles. The molecule has 2 aliphatic rings. The third-order valence-electron chi connectivity index (χ3n) is 4.92. The quantitative estimate of drug-likeness (QED) is 0.754. The van der Waals surface area contributed by atoms with Crippen LogP contribution in [0.25, 0.3) is 0 Å². The molecule has 1 aliphatic heterocycles. The van der Waals surface area contributed by atoms with Crippen LogP contribution in [-0.4, -0.2) is 11.1 Å². The molecule has 3 atom stereocenters. The Morgan fingerprint density at radius 1 is 1.29 bits per heavy atom. The van der Waals surface area contributed by atoms with Crippen molar-refractivity contribution in [1.29, 1.82) is 0 Å². The maximum absolute atomic E-state index is 14.4. The van der Waals surface area contributed by atoms with Gasteiger partial charge < -0.3 is 10.4 Å². The molecule has 0 bridgehead atoms. The first-order chi connectivity index (χ1) is 11.6. The first-order valence-electron chi connectivity index (χ1n) is 7.80. The molecule has 122 valence electrons. The monoisotopic (exact) mass is 343 g/mol. The highest BCUT2D eigenvalue weighted by Crippen LogP contribution is 2.51. The van der Waals surface area contributed by atoms with E-state index in [1.807, 2.05) is 0 Å². The summed E-state index contributed by atoms with van der Waals surface area (Å²) in [6.45, 7) is 0. The third kappa shape index (κ3) is 2.29. The molecule has 0 amide bonds. The minimum atomic E-state index is -0.949. The van der Waals surface area contributed by atoms with Gasteiger partial charge in [-0.15, -0.1) is 0 Å². The molecule has 4 rings (SSSR count). The Bertz CT molecular complexity index is 844. The zero-order chi connectivity index (χ0) is 16.8. The minimum absolute atomic E-state index is 0.0567. The van der Waals surface area contributed by atoms with Crippen molar-refractivity contribution in [1.82, 2.24) is 0 Å². The largest absolute Gasteiger partial charge is 0.478 e. The third-order valence-corrected chi connectivity index (χ3v) is 5.25. The average molecular weight is 344 g/mol. The number of carboxylic acids is 1. The lowest BCUT2D eigenvalue weighted by Crippen LogP contribution is -2.30. The maximum atomic E-state index is 14.4. The van der Waals surface area contributed by atoms with Crippen LogP contribution in [-0.2, 0) is 0 Å². The van der Waals surface area contributed by atoms with E-state index in [-0.39, 0.29) is 29.3 Å². The molecule has 0 spiro atoms. The van der Waals surface area contributed by atoms with Crippen molar-refractivity contribution < 1.29 is 14.3 Å². The van der Waals surface area contributed by atoms with Crippen LogP contribution in [0.5, 0.6) is 0 Å². The van der Waals surface area contributed by atoms with Crippen molar-refractivity contribution in [3.8, 4) is 0 Å². The van der Waals surface area contributed by atoms with Gasteiger partial charge in [0.2, 0.25) is 0 Å². The molecule has 2 aromatic carbocycles. The summed E-state index contributed by atoms with van der Waals surface area (Å²) < 4.78 is 14.4. The second kappa shape index (κ2) is 5.64. The number of nitrogens with one attached hydrogen (secondary N) is 1. The predicted octanol–water partition coefficient (Wildman–Crippen LogP) is 5.00. The lowest BCUT2D eigenvalue weighted by atomic mass is 9.76. The summed E-state index contributed by atoms with van der Waals surface area (Å²) in [6, 6.07) is 9.49. The van der Waals surface area contributed by atoms with Gasteiger partial charge in [0, 0.05) is 22.2 Å². The van der Waals surface area contributed by atoms with E-state index < -0.39 is 5.97 Å². The summed E-state index contributed by atoms with van der Waals surface area (Å²) in [5.74, 6) is -1.11. The molecular formula is C19H15ClFNO2. The first kappa shape index (κ1) is 15.2. The molecule has 1 aliphatic carbocycles. The number of allylic oxidation sites excluding steroid dienone is 2. The van der Waals surface area contributed by atoms with Crippen LogP contribution >= 0.6 is 11.6 Å². The number of hydrogen-bond acceptors (Lipinski definition) is 2. The van der Waals surface area contributed by atoms with Crippen LogP contribution in [0.2, 0.25) is 5.02 Å². The van der Waals surface area contributed by atoms with E-state index in [1.165, 1.54) is 6.07 Å². The number of anilines is 1. The summed E-state index contributed by atoms with van der Waals surface area (Å²) in [4.78, 5) is 11.2. The second-order valence-corrected chi connectivity index (χ2v) is 6.63. The van der Waals surface area contributed by atoms with Gasteiger partial charge in [-0.3, -0.25) is 0 Å². The Balaban J connectivity index is 1.83. The molecule has 0 aromatic heterocycles. The number of carboxylic acid groups (broad SMARTS) is 1. The average Bonchev–Trinajstić information content (AvgIpc) is 3.04. The van der Waals surface area contributed by atoms with Gasteiger partial charge in [0.15, 0.2) is 0 Å². The van der Waals surface area contributed by atoms with Gasteiger partial charge in [-0.05, 0) is 48.2 Å². The minimum Gasteiger partial charge on any atom is -0.478 e. The van der Waals surface area contributed by atoms with Crippen LogP contribution in [0.15, 0.2) is 48.6 Å². The van der Waals surface area contributed by atoms with Gasteiger partial charge >= 0.3 is 5.97 Å². The summed E-state index contributed by atoms with van der Waals surface area (Å²) >= 11 is 6.27. The molecule has 24 heavy (non-hydrogen) atoms. The van der Waals surface area contributed by atoms with Crippen LogP contribution in [0, 0.1) is 11.7 Å². The number of halogens is 2. The Hall–Kier alpha value is -2.33. The van der Waals surface area contributed by atoms with E-state index in [0.717, 1.165) is 17.7 Å². The molecule has 3 nitrogen and oxygen atoms in total. The topological polar surface area (TPSA) is 49.3 Å². The van der Waals surface area contributed by atoms with Gasteiger partial charge in [0.1, 0.15) is 5.82 Å². The molecule has 2 N–H and O–H groups in total. The number of carbonyl (C=O) groups is 1. The summed E-state index contributed by atoms with van der Waals surface area (Å²) in [5, 5.41) is 13.0. The lowest BCUT2D eigenvalue weighted by molar-refractivity contribution is 0.0696. The van der Waals surface area contributed by atoms with Crippen molar-refractivity contribution in [2.45, 2.75) is 18.4 Å². The van der Waals surface area contributed by atoms with E-state index >= 15 is 0 Å².